The van der Waals surface area contributed by atoms with Crippen LogP contribution in [0.5, 0.6) is 0 Å². The number of anilines is 1. The summed E-state index contributed by atoms with van der Waals surface area (Å²) < 4.78 is 5.49. The summed E-state index contributed by atoms with van der Waals surface area (Å²) in [4.78, 5) is 26.4. The Morgan fingerprint density at radius 3 is 2.30 bits per heavy atom. The molecule has 0 aliphatic carbocycles. The Bertz CT molecular complexity index is 1050. The number of esters is 1. The van der Waals surface area contributed by atoms with Crippen LogP contribution in [0.2, 0.25) is 0 Å². The molecule has 0 unspecified atom stereocenters. The molecular formula is C24H20N2O3S. The monoisotopic (exact) mass is 416 g/mol. The standard InChI is InChI=1S/C24H20N2O3S/c1-17(23(27)26-20-12-8-9-18(15-20)16-25)29-24(28)22(19-10-4-2-5-11-19)30-21-13-6-3-7-14-21/h2-15,17,22H,1H3,(H,26,27)/t17-,22-/m1/s1. The molecule has 5 nitrogen and oxygen atoms in total. The first-order valence-corrected chi connectivity index (χ1v) is 10.2. The lowest BCUT2D eigenvalue weighted by atomic mass is 10.1. The topological polar surface area (TPSA) is 79.2 Å². The molecule has 0 fully saturated rings. The van der Waals surface area contributed by atoms with Crippen molar-refractivity contribution in [2.75, 3.05) is 5.32 Å². The zero-order chi connectivity index (χ0) is 21.3. The van der Waals surface area contributed by atoms with Crippen LogP contribution in [-0.2, 0) is 14.3 Å². The minimum atomic E-state index is -0.995. The molecule has 0 saturated carbocycles. The molecule has 0 heterocycles. The molecule has 0 bridgehead atoms. The third-order valence-electron chi connectivity index (χ3n) is 4.23. The first-order chi connectivity index (χ1) is 14.6. The number of hydrogen-bond donors (Lipinski definition) is 1. The average Bonchev–Trinajstić information content (AvgIpc) is 2.78. The van der Waals surface area contributed by atoms with Crippen LogP contribution >= 0.6 is 11.8 Å². The summed E-state index contributed by atoms with van der Waals surface area (Å²) in [6, 6.07) is 27.5. The van der Waals surface area contributed by atoms with E-state index in [1.54, 1.807) is 24.3 Å². The van der Waals surface area contributed by atoms with Gasteiger partial charge in [0, 0.05) is 10.6 Å². The number of carbonyl (C=O) groups is 2. The van der Waals surface area contributed by atoms with Gasteiger partial charge in [-0.05, 0) is 42.8 Å². The van der Waals surface area contributed by atoms with Crippen LogP contribution in [0.1, 0.15) is 23.3 Å². The molecule has 3 aromatic carbocycles. The maximum absolute atomic E-state index is 12.9. The minimum absolute atomic E-state index is 0.431. The fourth-order valence-corrected chi connectivity index (χ4v) is 3.75. The Morgan fingerprint density at radius 1 is 0.967 bits per heavy atom. The van der Waals surface area contributed by atoms with E-state index in [0.29, 0.717) is 11.3 Å². The highest BCUT2D eigenvalue weighted by Gasteiger charge is 2.27. The normalized spacial score (nSPS) is 12.3. The van der Waals surface area contributed by atoms with E-state index in [9.17, 15) is 9.59 Å². The van der Waals surface area contributed by atoms with Crippen LogP contribution in [-0.4, -0.2) is 18.0 Å². The van der Waals surface area contributed by atoms with Gasteiger partial charge >= 0.3 is 5.97 Å². The summed E-state index contributed by atoms with van der Waals surface area (Å²) in [5, 5.41) is 11.1. The summed E-state index contributed by atoms with van der Waals surface area (Å²) in [6.07, 6.45) is -0.995. The van der Waals surface area contributed by atoms with Crippen LogP contribution < -0.4 is 5.32 Å². The molecule has 0 aromatic heterocycles. The molecule has 0 aliphatic heterocycles. The second kappa shape index (κ2) is 10.3. The Morgan fingerprint density at radius 2 is 1.63 bits per heavy atom. The van der Waals surface area contributed by atoms with E-state index in [1.807, 2.05) is 66.7 Å². The molecule has 0 aliphatic rings. The lowest BCUT2D eigenvalue weighted by Gasteiger charge is -2.19. The number of nitriles is 1. The van der Waals surface area contributed by atoms with Gasteiger partial charge in [0.05, 0.1) is 11.6 Å². The maximum Gasteiger partial charge on any atom is 0.324 e. The minimum Gasteiger partial charge on any atom is -0.451 e. The first-order valence-electron chi connectivity index (χ1n) is 9.35. The molecule has 3 rings (SSSR count). The number of nitrogens with one attached hydrogen (secondary N) is 1. The number of carbonyl (C=O) groups excluding carboxylic acids is 2. The predicted molar refractivity (Wildman–Crippen MR) is 117 cm³/mol. The average molecular weight is 417 g/mol. The summed E-state index contributed by atoms with van der Waals surface area (Å²) >= 11 is 1.37. The highest BCUT2D eigenvalue weighted by molar-refractivity contribution is 8.00. The first kappa shape index (κ1) is 21.2. The van der Waals surface area contributed by atoms with Crippen LogP contribution in [0.3, 0.4) is 0 Å². The molecule has 2 atom stereocenters. The SMILES string of the molecule is C[C@@H](OC(=O)[C@H](Sc1ccccc1)c1ccccc1)C(=O)Nc1cccc(C#N)c1. The van der Waals surface area contributed by atoms with Crippen LogP contribution in [0.15, 0.2) is 89.8 Å². The van der Waals surface area contributed by atoms with Gasteiger partial charge in [-0.1, -0.05) is 54.6 Å². The maximum atomic E-state index is 12.9. The Hall–Kier alpha value is -3.56. The third kappa shape index (κ3) is 5.72. The predicted octanol–water partition coefficient (Wildman–Crippen LogP) is 4.96. The van der Waals surface area contributed by atoms with E-state index in [1.165, 1.54) is 18.7 Å². The van der Waals surface area contributed by atoms with Gasteiger partial charge in [-0.3, -0.25) is 9.59 Å². The quantitative estimate of drug-likeness (QED) is 0.435. The zero-order valence-electron chi connectivity index (χ0n) is 16.3. The lowest BCUT2D eigenvalue weighted by molar-refractivity contribution is -0.152. The Labute approximate surface area is 179 Å². The van der Waals surface area contributed by atoms with Crippen molar-refractivity contribution in [3.63, 3.8) is 0 Å². The summed E-state index contributed by atoms with van der Waals surface area (Å²) in [5.74, 6) is -0.960. The third-order valence-corrected chi connectivity index (χ3v) is 5.48. The Kier molecular flexibility index (Phi) is 7.25. The molecule has 3 aromatic rings. The van der Waals surface area contributed by atoms with E-state index >= 15 is 0 Å². The highest BCUT2D eigenvalue weighted by atomic mass is 32.2. The van der Waals surface area contributed by atoms with E-state index in [4.69, 9.17) is 10.00 Å². The van der Waals surface area contributed by atoms with Gasteiger partial charge in [0.25, 0.3) is 5.91 Å². The van der Waals surface area contributed by atoms with E-state index in [-0.39, 0.29) is 0 Å². The van der Waals surface area contributed by atoms with Crippen LogP contribution in [0.25, 0.3) is 0 Å². The van der Waals surface area contributed by atoms with Gasteiger partial charge in [0.1, 0.15) is 5.25 Å². The zero-order valence-corrected chi connectivity index (χ0v) is 17.1. The van der Waals surface area contributed by atoms with Crippen LogP contribution in [0.4, 0.5) is 5.69 Å². The second-order valence-electron chi connectivity index (χ2n) is 6.48. The van der Waals surface area contributed by atoms with Gasteiger partial charge in [-0.15, -0.1) is 11.8 Å². The van der Waals surface area contributed by atoms with Crippen molar-refractivity contribution >= 4 is 29.3 Å². The summed E-state index contributed by atoms with van der Waals surface area (Å²) in [5.41, 5.74) is 1.70. The van der Waals surface area contributed by atoms with E-state index < -0.39 is 23.2 Å². The summed E-state index contributed by atoms with van der Waals surface area (Å²) in [6.45, 7) is 1.52. The lowest BCUT2D eigenvalue weighted by Crippen LogP contribution is -2.31. The Balaban J connectivity index is 1.71. The van der Waals surface area contributed by atoms with Gasteiger partial charge in [-0.2, -0.15) is 5.26 Å². The van der Waals surface area contributed by atoms with E-state index in [2.05, 4.69) is 5.32 Å². The van der Waals surface area contributed by atoms with Crippen molar-refractivity contribution in [2.24, 2.45) is 0 Å². The van der Waals surface area contributed by atoms with Crippen molar-refractivity contribution in [3.05, 3.63) is 96.1 Å². The van der Waals surface area contributed by atoms with Gasteiger partial charge in [0.15, 0.2) is 6.10 Å². The molecule has 0 saturated heterocycles. The fourth-order valence-electron chi connectivity index (χ4n) is 2.72. The van der Waals surface area contributed by atoms with Crippen LogP contribution in [0, 0.1) is 11.3 Å². The molecule has 0 radical (unpaired) electrons. The van der Waals surface area contributed by atoms with Gasteiger partial charge in [-0.25, -0.2) is 0 Å². The molecule has 6 heteroatoms. The number of rotatable bonds is 7. The van der Waals surface area contributed by atoms with Crippen molar-refractivity contribution in [1.82, 2.24) is 0 Å². The van der Waals surface area contributed by atoms with Crippen molar-refractivity contribution in [3.8, 4) is 6.07 Å². The molecule has 1 amide bonds. The molecular weight excluding hydrogens is 396 g/mol. The molecule has 30 heavy (non-hydrogen) atoms. The van der Waals surface area contributed by atoms with Crippen molar-refractivity contribution in [2.45, 2.75) is 23.2 Å². The van der Waals surface area contributed by atoms with Crippen molar-refractivity contribution in [1.29, 1.82) is 5.26 Å². The number of benzene rings is 3. The number of ether oxygens (including phenoxy) is 1. The molecule has 1 N–H and O–H groups in total. The fraction of sp³-hybridized carbons (Fsp3) is 0.125. The number of hydrogen-bond acceptors (Lipinski definition) is 5. The number of nitrogens with zero attached hydrogens (tertiary/aromatic N) is 1. The van der Waals surface area contributed by atoms with Gasteiger partial charge < -0.3 is 10.1 Å². The largest absolute Gasteiger partial charge is 0.451 e. The molecule has 150 valence electrons. The van der Waals surface area contributed by atoms with Gasteiger partial charge in [0.2, 0.25) is 0 Å². The van der Waals surface area contributed by atoms with E-state index in [0.717, 1.165) is 10.5 Å². The summed E-state index contributed by atoms with van der Waals surface area (Å²) in [7, 11) is 0. The number of thioether (sulfide) groups is 1. The number of amides is 1. The molecule has 0 spiro atoms. The smallest absolute Gasteiger partial charge is 0.324 e. The second-order valence-corrected chi connectivity index (χ2v) is 7.66. The van der Waals surface area contributed by atoms with Crippen molar-refractivity contribution < 1.29 is 14.3 Å². The highest BCUT2D eigenvalue weighted by Crippen LogP contribution is 2.36.